The first kappa shape index (κ1) is 33.6. The second kappa shape index (κ2) is 14.8. The first-order valence-corrected chi connectivity index (χ1v) is 15.5. The first-order valence-electron chi connectivity index (χ1n) is 15.5. The van der Waals surface area contributed by atoms with E-state index in [9.17, 15) is 19.2 Å². The summed E-state index contributed by atoms with van der Waals surface area (Å²) in [6, 6.07) is 20.6. The topological polar surface area (TPSA) is 202 Å². The van der Waals surface area contributed by atoms with E-state index in [2.05, 4.69) is 21.3 Å². The van der Waals surface area contributed by atoms with Gasteiger partial charge in [0.25, 0.3) is 23.6 Å². The van der Waals surface area contributed by atoms with Crippen molar-refractivity contribution in [3.8, 4) is 0 Å². The summed E-state index contributed by atoms with van der Waals surface area (Å²) in [4.78, 5) is 51.7. The number of nitrogens with two attached hydrogens (primary N) is 3. The fourth-order valence-electron chi connectivity index (χ4n) is 4.99. The van der Waals surface area contributed by atoms with E-state index in [1.54, 1.807) is 24.3 Å². The molecule has 0 bridgehead atoms. The molecule has 0 atom stereocenters. The number of nitrogens with zero attached hydrogens (tertiary/aromatic N) is 2. The molecule has 0 fully saturated rings. The van der Waals surface area contributed by atoms with Crippen LogP contribution in [0.4, 0.5) is 39.8 Å². The van der Waals surface area contributed by atoms with E-state index >= 15 is 0 Å². The van der Waals surface area contributed by atoms with Gasteiger partial charge in [-0.1, -0.05) is 0 Å². The minimum atomic E-state index is -0.531. The number of amides is 4. The highest BCUT2D eigenvalue weighted by Gasteiger charge is 2.18. The van der Waals surface area contributed by atoms with Crippen LogP contribution in [0.25, 0.3) is 0 Å². The molecule has 13 heteroatoms. The smallest absolute Gasteiger partial charge is 0.257 e. The zero-order valence-electron chi connectivity index (χ0n) is 27.0. The molecular weight excluding hydrogens is 622 g/mol. The van der Waals surface area contributed by atoms with Gasteiger partial charge in [-0.3, -0.25) is 19.2 Å². The summed E-state index contributed by atoms with van der Waals surface area (Å²) in [6.07, 6.45) is 7.41. The Bertz CT molecular complexity index is 2080. The van der Waals surface area contributed by atoms with E-state index in [0.29, 0.717) is 22.7 Å². The first-order chi connectivity index (χ1) is 23.5. The monoisotopic (exact) mass is 659 g/mol. The second-order valence-corrected chi connectivity index (χ2v) is 11.1. The Hall–Kier alpha value is -6.76. The zero-order chi connectivity index (χ0) is 35.1. The van der Waals surface area contributed by atoms with Crippen LogP contribution in [0.1, 0.15) is 55.3 Å². The fourth-order valence-corrected chi connectivity index (χ4v) is 4.99. The SMILES string of the molecule is CC[n+]1cccc(NC(=O)c2ccc(NC(=O)c3ccc(C(=O)Nc4ccc(C(=O)Nc5ccc[n+](CC)c5)c(N)c4)c(N)c3)cc2N)c1. The normalized spacial score (nSPS) is 10.6. The Balaban J connectivity index is 1.20. The van der Waals surface area contributed by atoms with Crippen molar-refractivity contribution in [2.75, 3.05) is 38.5 Å². The van der Waals surface area contributed by atoms with Crippen molar-refractivity contribution in [1.29, 1.82) is 0 Å². The zero-order valence-corrected chi connectivity index (χ0v) is 27.0. The molecule has 248 valence electrons. The van der Waals surface area contributed by atoms with Crippen LogP contribution < -0.4 is 47.6 Å². The number of rotatable bonds is 10. The van der Waals surface area contributed by atoms with Gasteiger partial charge >= 0.3 is 0 Å². The van der Waals surface area contributed by atoms with Crippen molar-refractivity contribution in [2.45, 2.75) is 26.9 Å². The summed E-state index contributed by atoms with van der Waals surface area (Å²) in [6.45, 7) is 5.49. The average molecular weight is 660 g/mol. The summed E-state index contributed by atoms with van der Waals surface area (Å²) < 4.78 is 3.85. The number of hydrogen-bond donors (Lipinski definition) is 7. The van der Waals surface area contributed by atoms with Crippen LogP contribution in [0.3, 0.4) is 0 Å². The summed E-state index contributed by atoms with van der Waals surface area (Å²) in [5.74, 6) is -1.80. The van der Waals surface area contributed by atoms with E-state index in [-0.39, 0.29) is 51.1 Å². The number of hydrogen-bond acceptors (Lipinski definition) is 7. The standard InChI is InChI=1S/C36H35N9O4/c1-3-44-15-5-7-25(20-44)42-35(48)28-13-10-23(18-31(28)38)40-33(46)22-9-12-27(30(37)17-22)34(47)41-24-11-14-29(32(39)19-24)36(49)43-26-8-6-16-45(4-2)21-26/h5-21H,3-4H2,1-2H3,(H8-2,37,38,39,40,41,42,43,46,47,48,49)/p+2. The predicted molar refractivity (Wildman–Crippen MR) is 189 cm³/mol. The lowest BCUT2D eigenvalue weighted by atomic mass is 10.1. The van der Waals surface area contributed by atoms with Gasteiger partial charge in [0.15, 0.2) is 24.8 Å². The van der Waals surface area contributed by atoms with E-state index < -0.39 is 11.8 Å². The molecule has 0 aliphatic rings. The third-order valence-electron chi connectivity index (χ3n) is 7.63. The molecule has 0 unspecified atom stereocenters. The van der Waals surface area contributed by atoms with Gasteiger partial charge in [0.1, 0.15) is 24.5 Å². The van der Waals surface area contributed by atoms with Crippen LogP contribution in [0.5, 0.6) is 0 Å². The van der Waals surface area contributed by atoms with Crippen LogP contribution in [0.2, 0.25) is 0 Å². The third-order valence-corrected chi connectivity index (χ3v) is 7.63. The highest BCUT2D eigenvalue weighted by molar-refractivity contribution is 6.12. The van der Waals surface area contributed by atoms with Crippen molar-refractivity contribution >= 4 is 63.4 Å². The molecule has 5 aromatic rings. The van der Waals surface area contributed by atoms with Gasteiger partial charge in [-0.2, -0.15) is 0 Å². The number of carbonyl (C=O) groups excluding carboxylic acids is 4. The lowest BCUT2D eigenvalue weighted by Gasteiger charge is -2.12. The minimum Gasteiger partial charge on any atom is -0.398 e. The van der Waals surface area contributed by atoms with Crippen molar-refractivity contribution < 1.29 is 28.3 Å². The number of aromatic nitrogens is 2. The molecule has 0 spiro atoms. The number of carbonyl (C=O) groups is 4. The molecule has 4 amide bonds. The van der Waals surface area contributed by atoms with Crippen molar-refractivity contribution in [1.82, 2.24) is 0 Å². The molecule has 49 heavy (non-hydrogen) atoms. The number of aryl methyl sites for hydroxylation is 2. The van der Waals surface area contributed by atoms with Gasteiger partial charge in [0.05, 0.1) is 16.7 Å². The average Bonchev–Trinajstić information content (AvgIpc) is 3.08. The number of pyridine rings is 2. The molecule has 0 radical (unpaired) electrons. The van der Waals surface area contributed by atoms with Crippen LogP contribution in [-0.2, 0) is 13.1 Å². The van der Waals surface area contributed by atoms with Crippen molar-refractivity contribution in [2.24, 2.45) is 0 Å². The van der Waals surface area contributed by atoms with Gasteiger partial charge in [-0.15, -0.1) is 0 Å². The van der Waals surface area contributed by atoms with Crippen LogP contribution in [0, 0.1) is 0 Å². The van der Waals surface area contributed by atoms with Gasteiger partial charge < -0.3 is 38.5 Å². The van der Waals surface area contributed by atoms with E-state index in [1.807, 2.05) is 59.9 Å². The second-order valence-electron chi connectivity index (χ2n) is 11.1. The molecule has 0 aliphatic carbocycles. The van der Waals surface area contributed by atoms with Gasteiger partial charge in [-0.05, 0) is 80.6 Å². The number of nitrogen functional groups attached to an aromatic ring is 3. The van der Waals surface area contributed by atoms with Crippen LogP contribution >= 0.6 is 0 Å². The summed E-state index contributed by atoms with van der Waals surface area (Å²) in [7, 11) is 0. The lowest BCUT2D eigenvalue weighted by molar-refractivity contribution is -0.693. The number of anilines is 7. The number of nitrogens with one attached hydrogen (secondary N) is 4. The van der Waals surface area contributed by atoms with Gasteiger partial charge in [0, 0.05) is 46.1 Å². The molecule has 2 heterocycles. The Morgan fingerprint density at radius 3 is 1.31 bits per heavy atom. The van der Waals surface area contributed by atoms with Crippen LogP contribution in [0.15, 0.2) is 104 Å². The molecule has 2 aromatic heterocycles. The summed E-state index contributed by atoms with van der Waals surface area (Å²) in [5, 5.41) is 11.1. The highest BCUT2D eigenvalue weighted by Crippen LogP contribution is 2.24. The maximum absolute atomic E-state index is 13.0. The Morgan fingerprint density at radius 1 is 0.510 bits per heavy atom. The van der Waals surface area contributed by atoms with Crippen molar-refractivity contribution in [3.63, 3.8) is 0 Å². The maximum atomic E-state index is 13.0. The summed E-state index contributed by atoms with van der Waals surface area (Å²) in [5.41, 5.74) is 21.7. The van der Waals surface area contributed by atoms with E-state index in [1.165, 1.54) is 42.5 Å². The van der Waals surface area contributed by atoms with E-state index in [0.717, 1.165) is 13.1 Å². The summed E-state index contributed by atoms with van der Waals surface area (Å²) >= 11 is 0. The Morgan fingerprint density at radius 2 is 0.898 bits per heavy atom. The molecule has 0 saturated carbocycles. The highest BCUT2D eigenvalue weighted by atomic mass is 16.2. The largest absolute Gasteiger partial charge is 0.398 e. The molecule has 0 saturated heterocycles. The van der Waals surface area contributed by atoms with Crippen LogP contribution in [-0.4, -0.2) is 23.6 Å². The predicted octanol–water partition coefficient (Wildman–Crippen LogP) is 4.06. The van der Waals surface area contributed by atoms with Gasteiger partial charge in [-0.25, -0.2) is 9.13 Å². The fraction of sp³-hybridized carbons (Fsp3) is 0.111. The van der Waals surface area contributed by atoms with Gasteiger partial charge in [0.2, 0.25) is 0 Å². The Labute approximate surface area is 282 Å². The third kappa shape index (κ3) is 8.16. The molecule has 5 rings (SSSR count). The lowest BCUT2D eigenvalue weighted by Crippen LogP contribution is -2.31. The molecule has 10 N–H and O–H groups in total. The number of benzene rings is 3. The quantitative estimate of drug-likeness (QED) is 0.0865. The molecule has 13 nitrogen and oxygen atoms in total. The molecule has 0 aliphatic heterocycles. The molecule has 3 aromatic carbocycles. The van der Waals surface area contributed by atoms with Crippen molar-refractivity contribution in [3.05, 3.63) is 126 Å². The van der Waals surface area contributed by atoms with E-state index in [4.69, 9.17) is 17.2 Å². The Kier molecular flexibility index (Phi) is 10.1. The molecular formula is C36H37N9O4+2. The minimum absolute atomic E-state index is 0.0677. The maximum Gasteiger partial charge on any atom is 0.257 e.